The van der Waals surface area contributed by atoms with Gasteiger partial charge in [0.05, 0.1) is 6.10 Å². The summed E-state index contributed by atoms with van der Waals surface area (Å²) >= 11 is 0. The first-order valence-corrected chi connectivity index (χ1v) is 12.7. The maximum absolute atomic E-state index is 13.5. The second kappa shape index (κ2) is 10.6. The molecule has 1 heterocycles. The van der Waals surface area contributed by atoms with Gasteiger partial charge in [-0.1, -0.05) is 20.8 Å². The number of amides is 2. The molecule has 194 valence electrons. The van der Waals surface area contributed by atoms with Gasteiger partial charge in [-0.3, -0.25) is 14.6 Å². The Hall–Kier alpha value is -2.87. The van der Waals surface area contributed by atoms with Gasteiger partial charge in [-0.25, -0.2) is 8.78 Å². The topological polar surface area (TPSA) is 91.3 Å². The SMILES string of the molecule is C[C@H]1[C@@H]2[C@@H](O)[C@H]([C@H](C)C(=O)NCc3cc(F)cc(F)c3)CC[C@@]2(C)CC[C@@H]1NC(=O)c1ccncc1. The number of rotatable bonds is 6. The van der Waals surface area contributed by atoms with Gasteiger partial charge in [0.1, 0.15) is 11.6 Å². The normalized spacial score (nSPS) is 30.7. The van der Waals surface area contributed by atoms with Gasteiger partial charge in [0, 0.05) is 42.5 Å². The van der Waals surface area contributed by atoms with Crippen molar-refractivity contribution < 1.29 is 23.5 Å². The average Bonchev–Trinajstić information content (AvgIpc) is 2.84. The lowest BCUT2D eigenvalue weighted by Gasteiger charge is -2.56. The molecular formula is C28H35F2N3O3. The summed E-state index contributed by atoms with van der Waals surface area (Å²) in [6, 6.07) is 6.46. The third-order valence-corrected chi connectivity index (χ3v) is 8.59. The molecule has 2 amide bonds. The van der Waals surface area contributed by atoms with Crippen LogP contribution in [0.2, 0.25) is 0 Å². The van der Waals surface area contributed by atoms with Crippen molar-refractivity contribution in [2.45, 2.75) is 65.1 Å². The van der Waals surface area contributed by atoms with Gasteiger partial charge in [-0.2, -0.15) is 0 Å². The number of halogens is 2. The van der Waals surface area contributed by atoms with Crippen LogP contribution in [-0.4, -0.2) is 34.1 Å². The molecule has 0 unspecified atom stereocenters. The van der Waals surface area contributed by atoms with Crippen LogP contribution in [0.1, 0.15) is 62.4 Å². The number of aliphatic hydroxyl groups is 1. The molecule has 6 nitrogen and oxygen atoms in total. The quantitative estimate of drug-likeness (QED) is 0.555. The summed E-state index contributed by atoms with van der Waals surface area (Å²) in [5, 5.41) is 17.5. The van der Waals surface area contributed by atoms with Gasteiger partial charge in [-0.05, 0) is 78.7 Å². The van der Waals surface area contributed by atoms with E-state index in [1.807, 2.05) is 0 Å². The van der Waals surface area contributed by atoms with Crippen molar-refractivity contribution in [3.05, 3.63) is 65.5 Å². The van der Waals surface area contributed by atoms with Gasteiger partial charge < -0.3 is 15.7 Å². The molecule has 2 aliphatic carbocycles. The third-order valence-electron chi connectivity index (χ3n) is 8.59. The summed E-state index contributed by atoms with van der Waals surface area (Å²) in [6.07, 6.45) is 5.80. The molecule has 3 N–H and O–H groups in total. The number of fused-ring (bicyclic) bond motifs is 1. The predicted molar refractivity (Wildman–Crippen MR) is 132 cm³/mol. The fraction of sp³-hybridized carbons (Fsp3) is 0.536. The zero-order valence-electron chi connectivity index (χ0n) is 21.0. The number of nitrogens with zero attached hydrogens (tertiary/aromatic N) is 1. The lowest BCUT2D eigenvalue weighted by molar-refractivity contribution is -0.142. The fourth-order valence-electron chi connectivity index (χ4n) is 6.51. The smallest absolute Gasteiger partial charge is 0.251 e. The highest BCUT2D eigenvalue weighted by Gasteiger charge is 2.53. The molecule has 2 aliphatic rings. The molecule has 0 radical (unpaired) electrons. The molecule has 0 saturated heterocycles. The number of nitrogens with one attached hydrogen (secondary N) is 2. The zero-order chi connectivity index (χ0) is 26.0. The van der Waals surface area contributed by atoms with E-state index >= 15 is 0 Å². The zero-order valence-corrected chi connectivity index (χ0v) is 21.0. The third kappa shape index (κ3) is 5.43. The molecule has 1 aromatic carbocycles. The number of carbonyl (C=O) groups excluding carboxylic acids is 2. The molecule has 0 bridgehead atoms. The van der Waals surface area contributed by atoms with Crippen LogP contribution < -0.4 is 10.6 Å². The van der Waals surface area contributed by atoms with Gasteiger partial charge in [0.15, 0.2) is 0 Å². The molecule has 36 heavy (non-hydrogen) atoms. The highest BCUT2D eigenvalue weighted by molar-refractivity contribution is 5.94. The van der Waals surface area contributed by atoms with Crippen molar-refractivity contribution in [3.8, 4) is 0 Å². The highest BCUT2D eigenvalue weighted by atomic mass is 19.1. The molecule has 7 atom stereocenters. The first-order chi connectivity index (χ1) is 17.1. The number of hydrogen-bond acceptors (Lipinski definition) is 4. The Morgan fingerprint density at radius 1 is 1.14 bits per heavy atom. The van der Waals surface area contributed by atoms with Gasteiger partial charge in [0.25, 0.3) is 5.91 Å². The van der Waals surface area contributed by atoms with E-state index in [2.05, 4.69) is 29.5 Å². The number of aliphatic hydroxyl groups excluding tert-OH is 1. The standard InChI is InChI=1S/C28H35F2N3O3/c1-16(26(35)32-15-18-12-20(29)14-21(30)13-18)22-4-8-28(3)9-5-23(17(2)24(28)25(22)34)33-27(36)19-6-10-31-11-7-19/h6-7,10-14,16-17,22-25,34H,4-5,8-9,15H2,1-3H3,(H,32,35)(H,33,36)/t16-,17+,22-,23-,24+,25-,28-/m0/s1. The van der Waals surface area contributed by atoms with Gasteiger partial charge in [-0.15, -0.1) is 0 Å². The van der Waals surface area contributed by atoms with Crippen molar-refractivity contribution in [2.75, 3.05) is 0 Å². The largest absolute Gasteiger partial charge is 0.392 e. The molecule has 0 aliphatic heterocycles. The van der Waals surface area contributed by atoms with Crippen LogP contribution in [0.25, 0.3) is 0 Å². The number of benzene rings is 1. The summed E-state index contributed by atoms with van der Waals surface area (Å²) in [6.45, 7) is 6.10. The summed E-state index contributed by atoms with van der Waals surface area (Å²) < 4.78 is 27.0. The Morgan fingerprint density at radius 2 is 1.78 bits per heavy atom. The van der Waals surface area contributed by atoms with Crippen LogP contribution in [0.3, 0.4) is 0 Å². The van der Waals surface area contributed by atoms with Crippen molar-refractivity contribution >= 4 is 11.8 Å². The minimum Gasteiger partial charge on any atom is -0.392 e. The van der Waals surface area contributed by atoms with Gasteiger partial charge >= 0.3 is 0 Å². The van der Waals surface area contributed by atoms with E-state index in [1.165, 1.54) is 12.1 Å². The Balaban J connectivity index is 1.42. The first kappa shape index (κ1) is 26.2. The minimum absolute atomic E-state index is 0.0152. The maximum atomic E-state index is 13.5. The molecule has 2 fully saturated rings. The van der Waals surface area contributed by atoms with E-state index in [4.69, 9.17) is 0 Å². The second-order valence-electron chi connectivity index (χ2n) is 10.9. The molecule has 4 rings (SSSR count). The number of hydrogen-bond donors (Lipinski definition) is 3. The van der Waals surface area contributed by atoms with Crippen LogP contribution in [-0.2, 0) is 11.3 Å². The van der Waals surface area contributed by atoms with Gasteiger partial charge in [0.2, 0.25) is 5.91 Å². The summed E-state index contributed by atoms with van der Waals surface area (Å²) in [5.74, 6) is -2.54. The van der Waals surface area contributed by atoms with Crippen molar-refractivity contribution in [3.63, 3.8) is 0 Å². The average molecular weight is 500 g/mol. The van der Waals surface area contributed by atoms with E-state index in [1.54, 1.807) is 31.5 Å². The molecule has 2 saturated carbocycles. The lowest BCUT2D eigenvalue weighted by atomic mass is 9.51. The van der Waals surface area contributed by atoms with Crippen molar-refractivity contribution in [1.29, 1.82) is 0 Å². The maximum Gasteiger partial charge on any atom is 0.251 e. The van der Waals surface area contributed by atoms with Crippen LogP contribution >= 0.6 is 0 Å². The fourth-order valence-corrected chi connectivity index (χ4v) is 6.51. The predicted octanol–water partition coefficient (Wildman–Crippen LogP) is 4.23. The monoisotopic (exact) mass is 499 g/mol. The Kier molecular flexibility index (Phi) is 7.73. The summed E-state index contributed by atoms with van der Waals surface area (Å²) in [4.78, 5) is 29.7. The van der Waals surface area contributed by atoms with E-state index in [9.17, 15) is 23.5 Å². The molecule has 2 aromatic rings. The Morgan fingerprint density at radius 3 is 2.44 bits per heavy atom. The van der Waals surface area contributed by atoms with Crippen molar-refractivity contribution in [2.24, 2.45) is 29.1 Å². The minimum atomic E-state index is -0.702. The second-order valence-corrected chi connectivity index (χ2v) is 10.9. The van der Waals surface area contributed by atoms with Crippen LogP contribution in [0.15, 0.2) is 42.7 Å². The first-order valence-electron chi connectivity index (χ1n) is 12.7. The van der Waals surface area contributed by atoms with E-state index in [0.717, 1.165) is 31.7 Å². The van der Waals surface area contributed by atoms with Crippen LogP contribution in [0.5, 0.6) is 0 Å². The summed E-state index contributed by atoms with van der Waals surface area (Å²) in [5.41, 5.74) is 0.831. The highest BCUT2D eigenvalue weighted by Crippen LogP contribution is 2.55. The van der Waals surface area contributed by atoms with E-state index in [0.29, 0.717) is 11.1 Å². The van der Waals surface area contributed by atoms with E-state index in [-0.39, 0.29) is 47.6 Å². The van der Waals surface area contributed by atoms with Crippen LogP contribution in [0, 0.1) is 40.7 Å². The van der Waals surface area contributed by atoms with Crippen LogP contribution in [0.4, 0.5) is 8.78 Å². The Bertz CT molecular complexity index is 1080. The summed E-state index contributed by atoms with van der Waals surface area (Å²) in [7, 11) is 0. The number of aromatic nitrogens is 1. The van der Waals surface area contributed by atoms with Crippen molar-refractivity contribution in [1.82, 2.24) is 15.6 Å². The lowest BCUT2D eigenvalue weighted by Crippen LogP contribution is -2.58. The number of pyridine rings is 1. The molecule has 1 aromatic heterocycles. The molecule has 8 heteroatoms. The Labute approximate surface area is 210 Å². The van der Waals surface area contributed by atoms with E-state index < -0.39 is 23.7 Å². The molecule has 0 spiro atoms. The number of carbonyl (C=O) groups is 2. The molecular weight excluding hydrogens is 464 g/mol.